The molecule has 7 heteroatoms. The fourth-order valence-corrected chi connectivity index (χ4v) is 0.865. The van der Waals surface area contributed by atoms with Gasteiger partial charge in [-0.15, -0.1) is 12.4 Å². The summed E-state index contributed by atoms with van der Waals surface area (Å²) in [5, 5.41) is 2.51. The molecule has 0 aromatic carbocycles. The van der Waals surface area contributed by atoms with Gasteiger partial charge in [-0.3, -0.25) is 9.59 Å². The average molecular weight is 233 g/mol. The molecule has 1 aromatic heterocycles. The monoisotopic (exact) mass is 232 g/mol. The van der Waals surface area contributed by atoms with Crippen molar-refractivity contribution in [3.05, 3.63) is 18.0 Å². The van der Waals surface area contributed by atoms with E-state index in [2.05, 4.69) is 10.3 Å². The summed E-state index contributed by atoms with van der Waals surface area (Å²) in [6, 6.07) is 0.852. The lowest BCUT2D eigenvalue weighted by Crippen LogP contribution is -2.32. The number of nitrogens with two attached hydrogens (primary N) is 2. The molecule has 0 radical (unpaired) electrons. The maximum absolute atomic E-state index is 11.1. The Balaban J connectivity index is 0.00000196. The van der Waals surface area contributed by atoms with Crippen LogP contribution < -0.4 is 16.8 Å². The Morgan fingerprint density at radius 2 is 2.13 bits per heavy atom. The molecule has 2 amide bonds. The van der Waals surface area contributed by atoms with Gasteiger partial charge < -0.3 is 21.8 Å². The molecule has 0 aliphatic rings. The summed E-state index contributed by atoms with van der Waals surface area (Å²) in [7, 11) is 0. The van der Waals surface area contributed by atoms with Crippen molar-refractivity contribution in [3.63, 3.8) is 0 Å². The predicted molar refractivity (Wildman–Crippen MR) is 58.8 cm³/mol. The van der Waals surface area contributed by atoms with Crippen molar-refractivity contribution in [3.8, 4) is 0 Å². The van der Waals surface area contributed by atoms with E-state index in [1.165, 1.54) is 12.3 Å². The Morgan fingerprint density at radius 3 is 2.53 bits per heavy atom. The van der Waals surface area contributed by atoms with Crippen molar-refractivity contribution in [2.75, 3.05) is 5.32 Å². The van der Waals surface area contributed by atoms with Crippen molar-refractivity contribution >= 4 is 29.9 Å². The number of aromatic amines is 1. The Morgan fingerprint density at radius 1 is 1.53 bits per heavy atom. The van der Waals surface area contributed by atoms with Crippen LogP contribution in [0.3, 0.4) is 0 Å². The molecule has 1 unspecified atom stereocenters. The zero-order chi connectivity index (χ0) is 10.7. The van der Waals surface area contributed by atoms with Crippen LogP contribution in [-0.4, -0.2) is 22.8 Å². The van der Waals surface area contributed by atoms with Crippen LogP contribution in [0.5, 0.6) is 0 Å². The van der Waals surface area contributed by atoms with Crippen LogP contribution in [0.25, 0.3) is 0 Å². The summed E-state index contributed by atoms with van der Waals surface area (Å²) < 4.78 is 0. The first-order valence-corrected chi connectivity index (χ1v) is 4.05. The van der Waals surface area contributed by atoms with E-state index >= 15 is 0 Å². The number of halogens is 1. The molecular weight excluding hydrogens is 220 g/mol. The van der Waals surface area contributed by atoms with Crippen molar-refractivity contribution in [1.82, 2.24) is 4.98 Å². The minimum Gasteiger partial charge on any atom is -0.364 e. The zero-order valence-corrected chi connectivity index (χ0v) is 8.93. The number of rotatable bonds is 3. The quantitative estimate of drug-likeness (QED) is 0.580. The second-order valence-corrected chi connectivity index (χ2v) is 2.94. The second-order valence-electron chi connectivity index (χ2n) is 2.94. The number of hydrogen-bond donors (Lipinski definition) is 4. The van der Waals surface area contributed by atoms with Gasteiger partial charge in [-0.1, -0.05) is 0 Å². The highest BCUT2D eigenvalue weighted by Crippen LogP contribution is 2.08. The van der Waals surface area contributed by atoms with Gasteiger partial charge in [0, 0.05) is 6.20 Å². The van der Waals surface area contributed by atoms with Crippen LogP contribution in [0.4, 0.5) is 5.69 Å². The van der Waals surface area contributed by atoms with Crippen molar-refractivity contribution in [2.24, 2.45) is 11.5 Å². The molecule has 15 heavy (non-hydrogen) atoms. The topological polar surface area (TPSA) is 114 Å². The molecule has 0 aliphatic heterocycles. The lowest BCUT2D eigenvalue weighted by molar-refractivity contribution is -0.117. The summed E-state index contributed by atoms with van der Waals surface area (Å²) in [5.41, 5.74) is 11.1. The van der Waals surface area contributed by atoms with Gasteiger partial charge in [-0.2, -0.15) is 0 Å². The van der Waals surface area contributed by atoms with Gasteiger partial charge in [0.1, 0.15) is 5.69 Å². The van der Waals surface area contributed by atoms with Gasteiger partial charge in [0.25, 0.3) is 5.91 Å². The third-order valence-electron chi connectivity index (χ3n) is 1.63. The number of anilines is 1. The average Bonchev–Trinajstić information content (AvgIpc) is 2.52. The lowest BCUT2D eigenvalue weighted by Gasteiger charge is -2.04. The molecule has 1 heterocycles. The number of hydrogen-bond acceptors (Lipinski definition) is 3. The molecule has 6 N–H and O–H groups in total. The van der Waals surface area contributed by atoms with E-state index in [0.717, 1.165) is 0 Å². The molecule has 0 saturated carbocycles. The van der Waals surface area contributed by atoms with Crippen LogP contribution in [0.2, 0.25) is 0 Å². The first-order chi connectivity index (χ1) is 6.50. The van der Waals surface area contributed by atoms with Gasteiger partial charge in [0.05, 0.1) is 11.7 Å². The lowest BCUT2D eigenvalue weighted by atomic mass is 10.3. The van der Waals surface area contributed by atoms with Crippen LogP contribution >= 0.6 is 12.4 Å². The predicted octanol–water partition coefficient (Wildman–Crippen LogP) is -0.179. The molecule has 6 nitrogen and oxygen atoms in total. The van der Waals surface area contributed by atoms with E-state index in [0.29, 0.717) is 5.69 Å². The number of primary amides is 1. The maximum Gasteiger partial charge on any atom is 0.265 e. The van der Waals surface area contributed by atoms with E-state index in [9.17, 15) is 9.59 Å². The summed E-state index contributed by atoms with van der Waals surface area (Å²) >= 11 is 0. The number of nitrogens with one attached hydrogen (secondary N) is 2. The van der Waals surface area contributed by atoms with Gasteiger partial charge >= 0.3 is 0 Å². The summed E-state index contributed by atoms with van der Waals surface area (Å²) in [6.07, 6.45) is 1.47. The fourth-order valence-electron chi connectivity index (χ4n) is 0.865. The molecule has 1 rings (SSSR count). The van der Waals surface area contributed by atoms with Crippen molar-refractivity contribution in [1.29, 1.82) is 0 Å². The highest BCUT2D eigenvalue weighted by atomic mass is 35.5. The molecular formula is C8H13ClN4O2. The van der Waals surface area contributed by atoms with Crippen LogP contribution in [0.15, 0.2) is 12.3 Å². The zero-order valence-electron chi connectivity index (χ0n) is 8.11. The fraction of sp³-hybridized carbons (Fsp3) is 0.250. The Hall–Kier alpha value is -1.53. The molecule has 0 saturated heterocycles. The third kappa shape index (κ3) is 3.61. The Bertz CT molecular complexity index is 361. The number of H-pyrrole nitrogens is 1. The standard InChI is InChI=1S/C8H12N4O2.ClH/c1-4(9)8(14)12-5-2-6(7(10)13)11-3-5;/h2-4,11H,9H2,1H3,(H2,10,13)(H,12,14);1H. The van der Waals surface area contributed by atoms with E-state index in [1.54, 1.807) is 6.92 Å². The van der Waals surface area contributed by atoms with Gasteiger partial charge in [0.2, 0.25) is 5.91 Å². The minimum atomic E-state index is -0.595. The van der Waals surface area contributed by atoms with Crippen molar-refractivity contribution < 1.29 is 9.59 Å². The number of amides is 2. The largest absolute Gasteiger partial charge is 0.364 e. The first-order valence-electron chi connectivity index (χ1n) is 4.05. The number of aromatic nitrogens is 1. The molecule has 0 fully saturated rings. The van der Waals surface area contributed by atoms with Crippen LogP contribution in [-0.2, 0) is 4.79 Å². The molecule has 84 valence electrons. The van der Waals surface area contributed by atoms with E-state index in [-0.39, 0.29) is 24.0 Å². The third-order valence-corrected chi connectivity index (χ3v) is 1.63. The molecule has 0 aliphatic carbocycles. The number of carbonyl (C=O) groups excluding carboxylic acids is 2. The summed E-state index contributed by atoms with van der Waals surface area (Å²) in [4.78, 5) is 24.4. The first kappa shape index (κ1) is 13.5. The van der Waals surface area contributed by atoms with Crippen LogP contribution in [0, 0.1) is 0 Å². The maximum atomic E-state index is 11.1. The summed E-state index contributed by atoms with van der Waals surface area (Å²) in [6.45, 7) is 1.57. The van der Waals surface area contributed by atoms with E-state index < -0.39 is 11.9 Å². The van der Waals surface area contributed by atoms with Gasteiger partial charge in [-0.05, 0) is 13.0 Å². The van der Waals surface area contributed by atoms with E-state index in [4.69, 9.17) is 11.5 Å². The highest BCUT2D eigenvalue weighted by Gasteiger charge is 2.09. The normalized spacial score (nSPS) is 11.3. The minimum absolute atomic E-state index is 0. The van der Waals surface area contributed by atoms with Crippen molar-refractivity contribution in [2.45, 2.75) is 13.0 Å². The highest BCUT2D eigenvalue weighted by molar-refractivity contribution is 5.97. The van der Waals surface area contributed by atoms with Crippen LogP contribution in [0.1, 0.15) is 17.4 Å². The SMILES string of the molecule is CC(N)C(=O)Nc1c[nH]c(C(N)=O)c1.Cl. The van der Waals surface area contributed by atoms with E-state index in [1.807, 2.05) is 0 Å². The van der Waals surface area contributed by atoms with Gasteiger partial charge in [-0.25, -0.2) is 0 Å². The molecule has 0 spiro atoms. The molecule has 1 aromatic rings. The smallest absolute Gasteiger partial charge is 0.265 e. The van der Waals surface area contributed by atoms with Gasteiger partial charge in [0.15, 0.2) is 0 Å². The summed E-state index contributed by atoms with van der Waals surface area (Å²) in [5.74, 6) is -0.897. The Kier molecular flexibility index (Phi) is 4.83. The number of carbonyl (C=O) groups is 2. The molecule has 1 atom stereocenters. The second kappa shape index (κ2) is 5.38. The molecule has 0 bridgehead atoms. The Labute approximate surface area is 92.8 Å².